The van der Waals surface area contributed by atoms with Crippen LogP contribution in [0.4, 0.5) is 8.78 Å². The number of fused-ring (bicyclic) bond motifs is 3. The molecule has 0 spiro atoms. The Labute approximate surface area is 251 Å². The number of aromatic nitrogens is 3. The summed E-state index contributed by atoms with van der Waals surface area (Å²) in [5.74, 6) is -1.34. The predicted molar refractivity (Wildman–Crippen MR) is 150 cm³/mol. The minimum absolute atomic E-state index is 0.00995. The zero-order chi connectivity index (χ0) is 30.2. The number of hydrogen-bond donors (Lipinski definition) is 0. The van der Waals surface area contributed by atoms with Gasteiger partial charge < -0.3 is 19.1 Å². The predicted octanol–water partition coefficient (Wildman–Crippen LogP) is 5.88. The van der Waals surface area contributed by atoms with Crippen molar-refractivity contribution in [2.24, 2.45) is 5.92 Å². The number of alkyl halides is 3. The molecule has 42 heavy (non-hydrogen) atoms. The summed E-state index contributed by atoms with van der Waals surface area (Å²) in [7, 11) is 1.55. The standard InChI is InChI=1S/C29H30Cl2F2N4O5/c1-4-41-27(39)17-7-6-12-36(15-17)24(38)14-23-26-34-35-28(29(31,32)33)37(26)21-11-10-18(30)13-20(21)25(42-23)19-8-5-9-22(40-3)16(19)2/h5,8-11,13,17,23,25H,4,6-7,12,14-15H2,1-3H3/t17-,23-,25-/m0/s1. The number of rotatable bonds is 7. The highest BCUT2D eigenvalue weighted by atomic mass is 35.5. The van der Waals surface area contributed by atoms with Gasteiger partial charge in [-0.1, -0.05) is 23.7 Å². The summed E-state index contributed by atoms with van der Waals surface area (Å²) in [6.45, 7) is 4.46. The summed E-state index contributed by atoms with van der Waals surface area (Å²) in [4.78, 5) is 27.6. The summed E-state index contributed by atoms with van der Waals surface area (Å²) >= 11 is 11.9. The van der Waals surface area contributed by atoms with Gasteiger partial charge in [0.1, 0.15) is 18.0 Å². The zero-order valence-electron chi connectivity index (χ0n) is 23.3. The molecule has 9 nitrogen and oxygen atoms in total. The Morgan fingerprint density at radius 1 is 1.19 bits per heavy atom. The second-order valence-electron chi connectivity index (χ2n) is 10.2. The van der Waals surface area contributed by atoms with E-state index >= 15 is 0 Å². The largest absolute Gasteiger partial charge is 0.496 e. The third-order valence-electron chi connectivity index (χ3n) is 7.63. The van der Waals surface area contributed by atoms with Crippen LogP contribution < -0.4 is 4.74 Å². The Hall–Kier alpha value is -3.28. The lowest BCUT2D eigenvalue weighted by molar-refractivity contribution is -0.151. The van der Waals surface area contributed by atoms with Crippen LogP contribution in [0.1, 0.15) is 66.7 Å². The van der Waals surface area contributed by atoms with Gasteiger partial charge in [-0.2, -0.15) is 8.78 Å². The number of methoxy groups -OCH3 is 1. The molecule has 2 aromatic carbocycles. The van der Waals surface area contributed by atoms with E-state index in [2.05, 4.69) is 10.2 Å². The molecule has 1 fully saturated rings. The van der Waals surface area contributed by atoms with Gasteiger partial charge in [-0.25, -0.2) is 0 Å². The van der Waals surface area contributed by atoms with Crippen molar-refractivity contribution in [3.8, 4) is 11.4 Å². The Kier molecular flexibility index (Phi) is 8.73. The minimum atomic E-state index is -3.87. The van der Waals surface area contributed by atoms with E-state index in [1.165, 1.54) is 0 Å². The van der Waals surface area contributed by atoms with Gasteiger partial charge in [0.2, 0.25) is 11.7 Å². The van der Waals surface area contributed by atoms with Crippen molar-refractivity contribution in [3.05, 3.63) is 69.8 Å². The third kappa shape index (κ3) is 5.82. The maximum Gasteiger partial charge on any atom is 0.382 e. The molecule has 1 aromatic heterocycles. The maximum absolute atomic E-state index is 14.7. The normalized spacial score (nSPS) is 20.4. The van der Waals surface area contributed by atoms with E-state index in [4.69, 9.17) is 37.4 Å². The van der Waals surface area contributed by atoms with Crippen LogP contribution in [0.5, 0.6) is 5.75 Å². The molecule has 2 aliphatic rings. The number of likely N-dealkylation sites (tertiary alicyclic amines) is 1. The number of carbonyl (C=O) groups is 2. The summed E-state index contributed by atoms with van der Waals surface area (Å²) in [6.07, 6.45) is -0.975. The Morgan fingerprint density at radius 3 is 2.69 bits per heavy atom. The lowest BCUT2D eigenvalue weighted by atomic mass is 9.95. The van der Waals surface area contributed by atoms with Gasteiger partial charge in [0.05, 0.1) is 31.7 Å². The van der Waals surface area contributed by atoms with Gasteiger partial charge in [-0.3, -0.25) is 14.2 Å². The van der Waals surface area contributed by atoms with Crippen molar-refractivity contribution in [1.29, 1.82) is 0 Å². The van der Waals surface area contributed by atoms with Crippen molar-refractivity contribution < 1.29 is 32.6 Å². The highest BCUT2D eigenvalue weighted by molar-refractivity contribution is 6.30. The van der Waals surface area contributed by atoms with Crippen molar-refractivity contribution in [2.75, 3.05) is 26.8 Å². The van der Waals surface area contributed by atoms with E-state index < -0.39 is 29.3 Å². The number of piperidine rings is 1. The summed E-state index contributed by atoms with van der Waals surface area (Å²) in [5, 5.41) is 4.25. The van der Waals surface area contributed by atoms with Gasteiger partial charge in [-0.05, 0) is 73.7 Å². The van der Waals surface area contributed by atoms with Crippen LogP contribution in [0.15, 0.2) is 36.4 Å². The fourth-order valence-electron chi connectivity index (χ4n) is 5.62. The molecule has 3 aromatic rings. The molecule has 224 valence electrons. The first-order chi connectivity index (χ1) is 20.0. The zero-order valence-corrected chi connectivity index (χ0v) is 24.8. The van der Waals surface area contributed by atoms with Crippen LogP contribution in [0.3, 0.4) is 0 Å². The summed E-state index contributed by atoms with van der Waals surface area (Å²) in [6, 6.07) is 10.2. The minimum Gasteiger partial charge on any atom is -0.496 e. The molecular formula is C29H30Cl2F2N4O5. The van der Waals surface area contributed by atoms with E-state index in [1.54, 1.807) is 49.3 Å². The molecule has 13 heteroatoms. The molecule has 0 unspecified atom stereocenters. The molecule has 0 N–H and O–H groups in total. The first-order valence-corrected chi connectivity index (χ1v) is 14.3. The van der Waals surface area contributed by atoms with E-state index in [9.17, 15) is 18.4 Å². The van der Waals surface area contributed by atoms with Crippen LogP contribution in [0, 0.1) is 12.8 Å². The van der Waals surface area contributed by atoms with Crippen molar-refractivity contribution in [3.63, 3.8) is 0 Å². The second kappa shape index (κ2) is 12.1. The van der Waals surface area contributed by atoms with Crippen LogP contribution in [-0.2, 0) is 24.4 Å². The average Bonchev–Trinajstić information content (AvgIpc) is 3.37. The van der Waals surface area contributed by atoms with E-state index in [1.807, 2.05) is 13.0 Å². The van der Waals surface area contributed by atoms with Crippen molar-refractivity contribution in [1.82, 2.24) is 19.7 Å². The first-order valence-electron chi connectivity index (χ1n) is 13.6. The lowest BCUT2D eigenvalue weighted by Gasteiger charge is -2.32. The molecule has 0 radical (unpaired) electrons. The molecule has 3 atom stereocenters. The number of benzene rings is 2. The number of esters is 1. The molecule has 3 heterocycles. The summed E-state index contributed by atoms with van der Waals surface area (Å²) in [5.41, 5.74) is 2.19. The topological polar surface area (TPSA) is 95.8 Å². The second-order valence-corrected chi connectivity index (χ2v) is 11.1. The molecule has 1 amide bonds. The number of halogens is 4. The average molecular weight is 623 g/mol. The van der Waals surface area contributed by atoms with Crippen LogP contribution in [0.2, 0.25) is 5.02 Å². The molecule has 0 aliphatic carbocycles. The molecular weight excluding hydrogens is 593 g/mol. The third-order valence-corrected chi connectivity index (χ3v) is 8.03. The molecule has 5 rings (SSSR count). The molecule has 0 saturated carbocycles. The highest BCUT2D eigenvalue weighted by Gasteiger charge is 2.43. The number of carbonyl (C=O) groups excluding carboxylic acids is 2. The maximum atomic E-state index is 14.7. The first kappa shape index (κ1) is 30.2. The number of nitrogens with zero attached hydrogens (tertiary/aromatic N) is 4. The monoisotopic (exact) mass is 622 g/mol. The molecule has 2 aliphatic heterocycles. The number of hydrogen-bond acceptors (Lipinski definition) is 7. The van der Waals surface area contributed by atoms with Crippen LogP contribution in [-0.4, -0.2) is 58.3 Å². The van der Waals surface area contributed by atoms with Crippen LogP contribution >= 0.6 is 23.2 Å². The van der Waals surface area contributed by atoms with E-state index in [0.717, 1.165) is 10.1 Å². The van der Waals surface area contributed by atoms with Gasteiger partial charge >= 0.3 is 11.4 Å². The SMILES string of the molecule is CCOC(=O)[C@H]1CCCN(C(=O)C[C@@H]2O[C@@H](c3cccc(OC)c3C)c3cc(Cl)ccc3-n3c2nnc3C(F)(F)Cl)C1. The molecule has 1 saturated heterocycles. The lowest BCUT2D eigenvalue weighted by Crippen LogP contribution is -2.43. The molecule has 0 bridgehead atoms. The summed E-state index contributed by atoms with van der Waals surface area (Å²) < 4.78 is 47.8. The fraction of sp³-hybridized carbons (Fsp3) is 0.448. The van der Waals surface area contributed by atoms with Gasteiger partial charge in [0.15, 0.2) is 5.82 Å². The van der Waals surface area contributed by atoms with E-state index in [-0.39, 0.29) is 43.0 Å². The Morgan fingerprint density at radius 2 is 1.98 bits per heavy atom. The number of amides is 1. The van der Waals surface area contributed by atoms with Gasteiger partial charge in [-0.15, -0.1) is 10.2 Å². The highest BCUT2D eigenvalue weighted by Crippen LogP contribution is 2.45. The Balaban J connectivity index is 1.60. The number of ether oxygens (including phenoxy) is 3. The van der Waals surface area contributed by atoms with Gasteiger partial charge in [0.25, 0.3) is 0 Å². The quantitative estimate of drug-likeness (QED) is 0.240. The van der Waals surface area contributed by atoms with E-state index in [0.29, 0.717) is 41.3 Å². The van der Waals surface area contributed by atoms with Crippen molar-refractivity contribution in [2.45, 2.75) is 50.7 Å². The Bertz CT molecular complexity index is 1500. The van der Waals surface area contributed by atoms with Gasteiger partial charge in [0, 0.05) is 23.7 Å². The van der Waals surface area contributed by atoms with Crippen LogP contribution in [0.25, 0.3) is 5.69 Å². The fourth-order valence-corrected chi connectivity index (χ4v) is 5.93. The van der Waals surface area contributed by atoms with Crippen molar-refractivity contribution >= 4 is 35.1 Å². The smallest absolute Gasteiger partial charge is 0.382 e.